The lowest BCUT2D eigenvalue weighted by Crippen LogP contribution is -2.14. The molecule has 5 nitrogen and oxygen atoms in total. The molecule has 3 rings (SSSR count). The van der Waals surface area contributed by atoms with E-state index in [9.17, 15) is 9.59 Å². The molecule has 0 fully saturated rings. The van der Waals surface area contributed by atoms with Crippen LogP contribution in [0.1, 0.15) is 40.7 Å². The van der Waals surface area contributed by atoms with Gasteiger partial charge in [0.05, 0.1) is 19.9 Å². The molecular formula is C21H23NO4. The third kappa shape index (κ3) is 4.04. The van der Waals surface area contributed by atoms with E-state index < -0.39 is 0 Å². The van der Waals surface area contributed by atoms with Crippen molar-refractivity contribution in [2.24, 2.45) is 0 Å². The summed E-state index contributed by atoms with van der Waals surface area (Å²) < 4.78 is 10.4. The molecule has 0 unspecified atom stereocenters. The Balaban J connectivity index is 1.58. The summed E-state index contributed by atoms with van der Waals surface area (Å²) in [6.45, 7) is 0. The van der Waals surface area contributed by atoms with E-state index in [1.165, 1.54) is 18.2 Å². The summed E-state index contributed by atoms with van der Waals surface area (Å²) in [6.07, 6.45) is 3.59. The smallest absolute Gasteiger partial charge is 0.224 e. The molecule has 0 aliphatic heterocycles. The van der Waals surface area contributed by atoms with Gasteiger partial charge in [0, 0.05) is 24.5 Å². The summed E-state index contributed by atoms with van der Waals surface area (Å²) >= 11 is 0. The van der Waals surface area contributed by atoms with Gasteiger partial charge in [0.2, 0.25) is 5.91 Å². The lowest BCUT2D eigenvalue weighted by molar-refractivity contribution is -0.116. The number of aryl methyl sites for hydroxylation is 2. The molecule has 0 radical (unpaired) electrons. The number of amides is 1. The maximum atomic E-state index is 12.4. The highest BCUT2D eigenvalue weighted by atomic mass is 16.5. The molecule has 0 spiro atoms. The molecule has 0 heterocycles. The number of carbonyl (C=O) groups is 2. The molecule has 5 heteroatoms. The minimum absolute atomic E-state index is 0.00320. The van der Waals surface area contributed by atoms with Crippen molar-refractivity contribution in [1.82, 2.24) is 0 Å². The number of anilines is 1. The van der Waals surface area contributed by atoms with Gasteiger partial charge >= 0.3 is 0 Å². The number of methoxy groups -OCH3 is 2. The summed E-state index contributed by atoms with van der Waals surface area (Å²) in [5.41, 5.74) is 3.86. The standard InChI is InChI=1S/C21H23NO4/c1-25-17-8-9-18(20(13-17)26-2)22-21(24)11-10-19(23)16-7-6-14-4-3-5-15(14)12-16/h6-9,12-13H,3-5,10-11H2,1-2H3,(H,22,24). The zero-order chi connectivity index (χ0) is 18.5. The van der Waals surface area contributed by atoms with Crippen molar-refractivity contribution >= 4 is 17.4 Å². The van der Waals surface area contributed by atoms with Crippen LogP contribution in [0.5, 0.6) is 11.5 Å². The number of fused-ring (bicyclic) bond motifs is 1. The van der Waals surface area contributed by atoms with Gasteiger partial charge in [0.25, 0.3) is 0 Å². The van der Waals surface area contributed by atoms with Gasteiger partial charge in [-0.1, -0.05) is 12.1 Å². The summed E-state index contributed by atoms with van der Waals surface area (Å²) in [7, 11) is 3.10. The second kappa shape index (κ2) is 8.04. The maximum Gasteiger partial charge on any atom is 0.224 e. The van der Waals surface area contributed by atoms with E-state index in [-0.39, 0.29) is 24.5 Å². The first-order chi connectivity index (χ1) is 12.6. The van der Waals surface area contributed by atoms with Gasteiger partial charge in [-0.2, -0.15) is 0 Å². The Kier molecular flexibility index (Phi) is 5.56. The molecular weight excluding hydrogens is 330 g/mol. The number of rotatable bonds is 7. The van der Waals surface area contributed by atoms with Crippen LogP contribution in [0.3, 0.4) is 0 Å². The van der Waals surface area contributed by atoms with E-state index in [4.69, 9.17) is 9.47 Å². The lowest BCUT2D eigenvalue weighted by atomic mass is 10.0. The monoisotopic (exact) mass is 353 g/mol. The molecule has 1 amide bonds. The van der Waals surface area contributed by atoms with Crippen LogP contribution in [-0.4, -0.2) is 25.9 Å². The van der Waals surface area contributed by atoms with Gasteiger partial charge in [-0.25, -0.2) is 0 Å². The minimum atomic E-state index is -0.219. The quantitative estimate of drug-likeness (QED) is 0.769. The van der Waals surface area contributed by atoms with Crippen molar-refractivity contribution in [2.75, 3.05) is 19.5 Å². The largest absolute Gasteiger partial charge is 0.497 e. The van der Waals surface area contributed by atoms with Gasteiger partial charge in [-0.3, -0.25) is 9.59 Å². The number of nitrogens with one attached hydrogen (secondary N) is 1. The third-order valence-corrected chi connectivity index (χ3v) is 4.68. The number of Topliss-reactive ketones (excluding diaryl/α,β-unsaturated/α-hetero) is 1. The fourth-order valence-electron chi connectivity index (χ4n) is 3.23. The van der Waals surface area contributed by atoms with E-state index in [1.807, 2.05) is 18.2 Å². The lowest BCUT2D eigenvalue weighted by Gasteiger charge is -2.11. The molecule has 26 heavy (non-hydrogen) atoms. The molecule has 1 aliphatic rings. The summed E-state index contributed by atoms with van der Waals surface area (Å²) in [6, 6.07) is 11.1. The Morgan fingerprint density at radius 3 is 2.54 bits per heavy atom. The molecule has 0 saturated carbocycles. The number of benzene rings is 2. The van der Waals surface area contributed by atoms with E-state index in [1.54, 1.807) is 25.3 Å². The van der Waals surface area contributed by atoms with E-state index >= 15 is 0 Å². The van der Waals surface area contributed by atoms with Crippen molar-refractivity contribution in [3.8, 4) is 11.5 Å². The van der Waals surface area contributed by atoms with Gasteiger partial charge in [0.15, 0.2) is 5.78 Å². The van der Waals surface area contributed by atoms with Crippen molar-refractivity contribution in [1.29, 1.82) is 0 Å². The fraction of sp³-hybridized carbons (Fsp3) is 0.333. The fourth-order valence-corrected chi connectivity index (χ4v) is 3.23. The SMILES string of the molecule is COc1ccc(NC(=O)CCC(=O)c2ccc3c(c2)CCC3)c(OC)c1. The Bertz CT molecular complexity index is 829. The maximum absolute atomic E-state index is 12.4. The topological polar surface area (TPSA) is 64.6 Å². The molecule has 0 saturated heterocycles. The first-order valence-corrected chi connectivity index (χ1v) is 8.77. The van der Waals surface area contributed by atoms with Gasteiger partial charge in [0.1, 0.15) is 11.5 Å². The summed E-state index contributed by atoms with van der Waals surface area (Å²) in [5.74, 6) is 0.939. The summed E-state index contributed by atoms with van der Waals surface area (Å²) in [5, 5.41) is 2.79. The second-order valence-corrected chi connectivity index (χ2v) is 6.37. The van der Waals surface area contributed by atoms with Crippen LogP contribution in [0.2, 0.25) is 0 Å². The number of ketones is 1. The zero-order valence-corrected chi connectivity index (χ0v) is 15.1. The van der Waals surface area contributed by atoms with Crippen LogP contribution >= 0.6 is 0 Å². The van der Waals surface area contributed by atoms with E-state index in [0.717, 1.165) is 19.3 Å². The van der Waals surface area contributed by atoms with E-state index in [0.29, 0.717) is 22.7 Å². The number of hydrogen-bond donors (Lipinski definition) is 1. The normalized spacial score (nSPS) is 12.4. The molecule has 136 valence electrons. The predicted octanol–water partition coefficient (Wildman–Crippen LogP) is 3.79. The van der Waals surface area contributed by atoms with Gasteiger partial charge in [-0.15, -0.1) is 0 Å². The molecule has 2 aromatic carbocycles. The first kappa shape index (κ1) is 18.0. The average Bonchev–Trinajstić information content (AvgIpc) is 3.14. The second-order valence-electron chi connectivity index (χ2n) is 6.37. The number of ether oxygens (including phenoxy) is 2. The van der Waals surface area contributed by atoms with Crippen LogP contribution in [0.15, 0.2) is 36.4 Å². The van der Waals surface area contributed by atoms with Crippen molar-refractivity contribution in [3.05, 3.63) is 53.1 Å². The van der Waals surface area contributed by atoms with Crippen molar-refractivity contribution in [2.45, 2.75) is 32.1 Å². The van der Waals surface area contributed by atoms with Crippen LogP contribution in [-0.2, 0) is 17.6 Å². The van der Waals surface area contributed by atoms with Crippen LogP contribution in [0, 0.1) is 0 Å². The molecule has 0 aromatic heterocycles. The van der Waals surface area contributed by atoms with Crippen molar-refractivity contribution in [3.63, 3.8) is 0 Å². The Morgan fingerprint density at radius 1 is 0.962 bits per heavy atom. The van der Waals surface area contributed by atoms with Gasteiger partial charge in [-0.05, 0) is 48.6 Å². The molecule has 1 N–H and O–H groups in total. The first-order valence-electron chi connectivity index (χ1n) is 8.77. The average molecular weight is 353 g/mol. The molecule has 2 aromatic rings. The highest BCUT2D eigenvalue weighted by molar-refractivity contribution is 6.00. The van der Waals surface area contributed by atoms with E-state index in [2.05, 4.69) is 5.32 Å². The minimum Gasteiger partial charge on any atom is -0.497 e. The Hall–Kier alpha value is -2.82. The third-order valence-electron chi connectivity index (χ3n) is 4.68. The Morgan fingerprint density at radius 2 is 1.77 bits per heavy atom. The zero-order valence-electron chi connectivity index (χ0n) is 15.1. The highest BCUT2D eigenvalue weighted by Crippen LogP contribution is 2.29. The molecule has 0 atom stereocenters. The summed E-state index contributed by atoms with van der Waals surface area (Å²) in [4.78, 5) is 24.6. The van der Waals surface area contributed by atoms with Gasteiger partial charge < -0.3 is 14.8 Å². The predicted molar refractivity (Wildman–Crippen MR) is 100 cm³/mol. The van der Waals surface area contributed by atoms with Crippen LogP contribution in [0.4, 0.5) is 5.69 Å². The number of carbonyl (C=O) groups excluding carboxylic acids is 2. The van der Waals surface area contributed by atoms with Crippen LogP contribution in [0.25, 0.3) is 0 Å². The molecule has 1 aliphatic carbocycles. The molecule has 0 bridgehead atoms. The van der Waals surface area contributed by atoms with Crippen LogP contribution < -0.4 is 14.8 Å². The number of hydrogen-bond acceptors (Lipinski definition) is 4. The highest BCUT2D eigenvalue weighted by Gasteiger charge is 2.15. The Labute approximate surface area is 153 Å². The van der Waals surface area contributed by atoms with Crippen molar-refractivity contribution < 1.29 is 19.1 Å².